The first-order chi connectivity index (χ1) is 12.6. The number of halogens is 1. The summed E-state index contributed by atoms with van der Waals surface area (Å²) in [6.07, 6.45) is 3.12. The standard InChI is InChI=1S/C17H13BrN4O3S/c1-2-8-19-17-21(20-10-14-6-7-16(25-14)22(23)24)15(11-26-17)12-4-3-5-13(18)9-12/h2-7,9-11H,1,8H2. The van der Waals surface area contributed by atoms with Crippen molar-refractivity contribution in [3.05, 3.63) is 79.6 Å². The van der Waals surface area contributed by atoms with Crippen LogP contribution in [0.15, 0.2) is 73.4 Å². The van der Waals surface area contributed by atoms with Crippen LogP contribution in [-0.2, 0) is 0 Å². The summed E-state index contributed by atoms with van der Waals surface area (Å²) in [7, 11) is 0. The van der Waals surface area contributed by atoms with Crippen LogP contribution in [0.4, 0.5) is 5.88 Å². The average Bonchev–Trinajstić information content (AvgIpc) is 3.25. The molecule has 0 N–H and O–H groups in total. The third-order valence-electron chi connectivity index (χ3n) is 3.25. The maximum absolute atomic E-state index is 10.7. The molecule has 0 spiro atoms. The number of rotatable bonds is 6. The lowest BCUT2D eigenvalue weighted by atomic mass is 10.2. The van der Waals surface area contributed by atoms with Crippen LogP contribution in [0.2, 0.25) is 0 Å². The highest BCUT2D eigenvalue weighted by molar-refractivity contribution is 9.10. The summed E-state index contributed by atoms with van der Waals surface area (Å²) in [6, 6.07) is 10.6. The van der Waals surface area contributed by atoms with E-state index in [1.807, 2.05) is 29.6 Å². The molecular weight excluding hydrogens is 420 g/mol. The van der Waals surface area contributed by atoms with Gasteiger partial charge in [-0.1, -0.05) is 34.1 Å². The van der Waals surface area contributed by atoms with Crippen LogP contribution in [0.25, 0.3) is 11.3 Å². The number of nitro groups is 1. The molecule has 0 aliphatic rings. The molecule has 1 aromatic carbocycles. The normalized spacial score (nSPS) is 12.0. The number of aromatic nitrogens is 1. The molecule has 0 amide bonds. The SMILES string of the molecule is C=CCN=c1scc(-c2cccc(Br)c2)n1N=Cc1ccc([N+](=O)[O-])o1. The van der Waals surface area contributed by atoms with Gasteiger partial charge in [-0.05, 0) is 18.2 Å². The molecule has 0 aliphatic carbocycles. The number of hydrogen-bond donors (Lipinski definition) is 0. The maximum atomic E-state index is 10.7. The smallest absolute Gasteiger partial charge is 0.400 e. The fourth-order valence-corrected chi connectivity index (χ4v) is 3.38. The predicted molar refractivity (Wildman–Crippen MR) is 104 cm³/mol. The number of thiazole rings is 1. The van der Waals surface area contributed by atoms with Crippen molar-refractivity contribution in [3.8, 4) is 11.3 Å². The zero-order valence-corrected chi connectivity index (χ0v) is 15.8. The third kappa shape index (κ3) is 4.06. The molecular formula is C17H13BrN4O3S. The number of nitrogens with zero attached hydrogens (tertiary/aromatic N) is 4. The molecule has 0 saturated carbocycles. The zero-order valence-electron chi connectivity index (χ0n) is 13.4. The molecule has 0 aliphatic heterocycles. The molecule has 0 atom stereocenters. The molecule has 7 nitrogen and oxygen atoms in total. The Hall–Kier alpha value is -2.78. The summed E-state index contributed by atoms with van der Waals surface area (Å²) in [5, 5.41) is 17.1. The fraction of sp³-hybridized carbons (Fsp3) is 0.0588. The highest BCUT2D eigenvalue weighted by Crippen LogP contribution is 2.23. The second-order valence-corrected chi connectivity index (χ2v) is 6.78. The average molecular weight is 433 g/mol. The van der Waals surface area contributed by atoms with Gasteiger partial charge in [0.25, 0.3) is 0 Å². The van der Waals surface area contributed by atoms with E-state index >= 15 is 0 Å². The summed E-state index contributed by atoms with van der Waals surface area (Å²) < 4.78 is 7.73. The van der Waals surface area contributed by atoms with Gasteiger partial charge in [0, 0.05) is 15.4 Å². The molecule has 2 heterocycles. The van der Waals surface area contributed by atoms with Crippen LogP contribution >= 0.6 is 27.3 Å². The first kappa shape index (κ1) is 18.0. The zero-order chi connectivity index (χ0) is 18.5. The molecule has 0 radical (unpaired) electrons. The van der Waals surface area contributed by atoms with E-state index in [-0.39, 0.29) is 11.6 Å². The van der Waals surface area contributed by atoms with E-state index in [0.29, 0.717) is 11.3 Å². The Balaban J connectivity index is 2.05. The minimum atomic E-state index is -0.590. The monoisotopic (exact) mass is 432 g/mol. The molecule has 3 aromatic rings. The molecule has 0 fully saturated rings. The molecule has 0 saturated heterocycles. The lowest BCUT2D eigenvalue weighted by Gasteiger charge is -2.03. The van der Waals surface area contributed by atoms with Crippen LogP contribution in [0.3, 0.4) is 0 Å². The van der Waals surface area contributed by atoms with Gasteiger partial charge in [-0.2, -0.15) is 5.10 Å². The van der Waals surface area contributed by atoms with Crippen molar-refractivity contribution in [3.63, 3.8) is 0 Å². The van der Waals surface area contributed by atoms with Crippen molar-refractivity contribution in [2.75, 3.05) is 6.54 Å². The van der Waals surface area contributed by atoms with Crippen molar-refractivity contribution in [1.29, 1.82) is 0 Å². The van der Waals surface area contributed by atoms with Gasteiger partial charge < -0.3 is 4.42 Å². The van der Waals surface area contributed by atoms with E-state index in [9.17, 15) is 10.1 Å². The lowest BCUT2D eigenvalue weighted by Crippen LogP contribution is -2.12. The van der Waals surface area contributed by atoms with Crippen molar-refractivity contribution < 1.29 is 9.34 Å². The van der Waals surface area contributed by atoms with Crippen LogP contribution in [0.5, 0.6) is 0 Å². The Labute approximate surface area is 160 Å². The highest BCUT2D eigenvalue weighted by Gasteiger charge is 2.11. The van der Waals surface area contributed by atoms with Crippen molar-refractivity contribution in [2.24, 2.45) is 10.1 Å². The van der Waals surface area contributed by atoms with Gasteiger partial charge in [0.05, 0.1) is 24.5 Å². The largest absolute Gasteiger partial charge is 0.433 e. The topological polar surface area (TPSA) is 85.9 Å². The Morgan fingerprint density at radius 1 is 1.38 bits per heavy atom. The van der Waals surface area contributed by atoms with Gasteiger partial charge in [-0.25, -0.2) is 4.68 Å². The van der Waals surface area contributed by atoms with E-state index in [1.54, 1.807) is 10.8 Å². The Kier molecular flexibility index (Phi) is 5.59. The van der Waals surface area contributed by atoms with Gasteiger partial charge in [-0.15, -0.1) is 17.9 Å². The van der Waals surface area contributed by atoms with Gasteiger partial charge in [0.2, 0.25) is 4.80 Å². The molecule has 0 unspecified atom stereocenters. The molecule has 132 valence electrons. The van der Waals surface area contributed by atoms with E-state index in [4.69, 9.17) is 4.42 Å². The van der Waals surface area contributed by atoms with Gasteiger partial charge in [-0.3, -0.25) is 15.1 Å². The molecule has 2 aromatic heterocycles. The third-order valence-corrected chi connectivity index (χ3v) is 4.60. The quantitative estimate of drug-likeness (QED) is 0.249. The minimum absolute atomic E-state index is 0.283. The van der Waals surface area contributed by atoms with E-state index in [2.05, 4.69) is 32.6 Å². The van der Waals surface area contributed by atoms with Crippen LogP contribution < -0.4 is 4.80 Å². The maximum Gasteiger partial charge on any atom is 0.433 e. The molecule has 26 heavy (non-hydrogen) atoms. The Morgan fingerprint density at radius 2 is 2.23 bits per heavy atom. The molecule has 3 rings (SSSR count). The fourth-order valence-electron chi connectivity index (χ4n) is 2.13. The Morgan fingerprint density at radius 3 is 2.92 bits per heavy atom. The van der Waals surface area contributed by atoms with Crippen LogP contribution in [0, 0.1) is 10.1 Å². The summed E-state index contributed by atoms with van der Waals surface area (Å²) in [4.78, 5) is 15.3. The van der Waals surface area contributed by atoms with E-state index in [1.165, 1.54) is 29.7 Å². The summed E-state index contributed by atoms with van der Waals surface area (Å²) >= 11 is 4.91. The second-order valence-electron chi connectivity index (χ2n) is 5.03. The first-order valence-corrected chi connectivity index (χ1v) is 9.12. The summed E-state index contributed by atoms with van der Waals surface area (Å²) in [5.41, 5.74) is 1.80. The highest BCUT2D eigenvalue weighted by atomic mass is 79.9. The minimum Gasteiger partial charge on any atom is -0.400 e. The number of hydrogen-bond acceptors (Lipinski definition) is 6. The van der Waals surface area contributed by atoms with Crippen molar-refractivity contribution >= 4 is 39.4 Å². The lowest BCUT2D eigenvalue weighted by molar-refractivity contribution is -0.402. The summed E-state index contributed by atoms with van der Waals surface area (Å²) in [5.74, 6) is -0.0455. The number of benzene rings is 1. The summed E-state index contributed by atoms with van der Waals surface area (Å²) in [6.45, 7) is 4.13. The molecule has 0 bridgehead atoms. The van der Waals surface area contributed by atoms with Gasteiger partial charge in [0.15, 0.2) is 5.76 Å². The van der Waals surface area contributed by atoms with E-state index < -0.39 is 4.92 Å². The van der Waals surface area contributed by atoms with Gasteiger partial charge >= 0.3 is 5.88 Å². The van der Waals surface area contributed by atoms with Crippen LogP contribution in [-0.4, -0.2) is 22.4 Å². The first-order valence-electron chi connectivity index (χ1n) is 7.45. The molecule has 9 heteroatoms. The number of furan rings is 1. The van der Waals surface area contributed by atoms with Crippen molar-refractivity contribution in [2.45, 2.75) is 0 Å². The van der Waals surface area contributed by atoms with Gasteiger partial charge in [0.1, 0.15) is 4.92 Å². The van der Waals surface area contributed by atoms with Crippen LogP contribution in [0.1, 0.15) is 5.76 Å². The van der Waals surface area contributed by atoms with Crippen molar-refractivity contribution in [1.82, 2.24) is 4.68 Å². The second kappa shape index (κ2) is 8.07. The Bertz CT molecular complexity index is 1050. The predicted octanol–water partition coefficient (Wildman–Crippen LogP) is 4.45. The van der Waals surface area contributed by atoms with E-state index in [0.717, 1.165) is 15.7 Å².